The number of fused-ring (bicyclic) bond motifs is 1. The Morgan fingerprint density at radius 2 is 2.33 bits per heavy atom. The Balaban J connectivity index is 1.87. The molecule has 3 heterocycles. The average Bonchev–Trinajstić information content (AvgIpc) is 3.03. The van der Waals surface area contributed by atoms with E-state index in [0.717, 1.165) is 14.0 Å². The standard InChI is InChI=1S/C14H12BrN3OS2/c1-18(6-8-5-10(15)20-7-8)14(19)13-11(16)12-9(21-13)3-2-4-17-12/h2-5,7H,6,16H2,1H3. The van der Waals surface area contributed by atoms with Gasteiger partial charge in [0, 0.05) is 19.8 Å². The molecule has 0 aliphatic carbocycles. The van der Waals surface area contributed by atoms with Gasteiger partial charge in [0.25, 0.3) is 5.91 Å². The monoisotopic (exact) mass is 381 g/mol. The van der Waals surface area contributed by atoms with Gasteiger partial charge < -0.3 is 10.6 Å². The van der Waals surface area contributed by atoms with Gasteiger partial charge >= 0.3 is 0 Å². The molecule has 4 nitrogen and oxygen atoms in total. The Labute approximate surface area is 138 Å². The van der Waals surface area contributed by atoms with E-state index in [-0.39, 0.29) is 5.91 Å². The summed E-state index contributed by atoms with van der Waals surface area (Å²) in [6.07, 6.45) is 1.69. The summed E-state index contributed by atoms with van der Waals surface area (Å²) in [5.41, 5.74) is 8.35. The van der Waals surface area contributed by atoms with E-state index in [1.54, 1.807) is 29.5 Å². The van der Waals surface area contributed by atoms with E-state index >= 15 is 0 Å². The maximum atomic E-state index is 12.6. The lowest BCUT2D eigenvalue weighted by atomic mass is 10.2. The number of nitrogen functional groups attached to an aromatic ring is 1. The van der Waals surface area contributed by atoms with Crippen LogP contribution in [0.3, 0.4) is 0 Å². The summed E-state index contributed by atoms with van der Waals surface area (Å²) in [6, 6.07) is 5.79. The Morgan fingerprint density at radius 3 is 3.00 bits per heavy atom. The predicted molar refractivity (Wildman–Crippen MR) is 91.8 cm³/mol. The molecule has 3 rings (SSSR count). The molecular formula is C14H12BrN3OS2. The van der Waals surface area contributed by atoms with Gasteiger partial charge in [0.15, 0.2) is 0 Å². The Hall–Kier alpha value is -1.44. The molecule has 1 amide bonds. The highest BCUT2D eigenvalue weighted by molar-refractivity contribution is 9.11. The van der Waals surface area contributed by atoms with Crippen LogP contribution >= 0.6 is 38.6 Å². The molecule has 0 aromatic carbocycles. The van der Waals surface area contributed by atoms with Gasteiger partial charge in [0.1, 0.15) is 10.4 Å². The number of nitrogens with zero attached hydrogens (tertiary/aromatic N) is 2. The third kappa shape index (κ3) is 2.81. The van der Waals surface area contributed by atoms with E-state index in [9.17, 15) is 4.79 Å². The fourth-order valence-corrected chi connectivity index (χ4v) is 4.33. The summed E-state index contributed by atoms with van der Waals surface area (Å²) >= 11 is 6.43. The minimum absolute atomic E-state index is 0.0715. The fraction of sp³-hybridized carbons (Fsp3) is 0.143. The van der Waals surface area contributed by atoms with E-state index in [1.807, 2.05) is 23.6 Å². The first kappa shape index (κ1) is 14.5. The van der Waals surface area contributed by atoms with Crippen molar-refractivity contribution < 1.29 is 4.79 Å². The highest BCUT2D eigenvalue weighted by Crippen LogP contribution is 2.33. The van der Waals surface area contributed by atoms with Crippen molar-refractivity contribution in [2.24, 2.45) is 0 Å². The number of anilines is 1. The van der Waals surface area contributed by atoms with Crippen molar-refractivity contribution in [2.75, 3.05) is 12.8 Å². The largest absolute Gasteiger partial charge is 0.396 e. The molecule has 108 valence electrons. The number of amides is 1. The highest BCUT2D eigenvalue weighted by Gasteiger charge is 2.20. The number of thiophene rings is 2. The molecule has 7 heteroatoms. The number of hydrogen-bond acceptors (Lipinski definition) is 5. The van der Waals surface area contributed by atoms with Crippen LogP contribution in [0.5, 0.6) is 0 Å². The van der Waals surface area contributed by atoms with Crippen molar-refractivity contribution >= 4 is 60.4 Å². The van der Waals surface area contributed by atoms with Crippen molar-refractivity contribution in [3.63, 3.8) is 0 Å². The summed E-state index contributed by atoms with van der Waals surface area (Å²) in [5.74, 6) is -0.0715. The summed E-state index contributed by atoms with van der Waals surface area (Å²) < 4.78 is 1.99. The third-order valence-corrected chi connectivity index (χ3v) is 5.77. The second-order valence-electron chi connectivity index (χ2n) is 4.62. The van der Waals surface area contributed by atoms with Crippen LogP contribution in [0.4, 0.5) is 5.69 Å². The van der Waals surface area contributed by atoms with Crippen molar-refractivity contribution in [3.05, 3.63) is 44.0 Å². The molecule has 21 heavy (non-hydrogen) atoms. The summed E-state index contributed by atoms with van der Waals surface area (Å²) in [5, 5.41) is 2.03. The van der Waals surface area contributed by atoms with E-state index in [2.05, 4.69) is 20.9 Å². The molecule has 0 saturated carbocycles. The van der Waals surface area contributed by atoms with Crippen LogP contribution in [0.1, 0.15) is 15.2 Å². The van der Waals surface area contributed by atoms with Gasteiger partial charge in [0.2, 0.25) is 0 Å². The summed E-state index contributed by atoms with van der Waals surface area (Å²) in [4.78, 5) is 19.0. The van der Waals surface area contributed by atoms with Gasteiger partial charge in [-0.1, -0.05) is 0 Å². The Bertz CT molecular complexity index is 812. The topological polar surface area (TPSA) is 59.2 Å². The minimum Gasteiger partial charge on any atom is -0.396 e. The molecule has 0 unspecified atom stereocenters. The van der Waals surface area contributed by atoms with E-state index in [0.29, 0.717) is 22.6 Å². The minimum atomic E-state index is -0.0715. The van der Waals surface area contributed by atoms with E-state index in [1.165, 1.54) is 11.3 Å². The van der Waals surface area contributed by atoms with Crippen molar-refractivity contribution in [3.8, 4) is 0 Å². The number of aromatic nitrogens is 1. The molecule has 3 aromatic heterocycles. The average molecular weight is 382 g/mol. The lowest BCUT2D eigenvalue weighted by molar-refractivity contribution is 0.0791. The lowest BCUT2D eigenvalue weighted by Crippen LogP contribution is -2.25. The zero-order chi connectivity index (χ0) is 15.0. The van der Waals surface area contributed by atoms with Gasteiger partial charge in [-0.05, 0) is 45.1 Å². The molecule has 3 aromatic rings. The van der Waals surface area contributed by atoms with Gasteiger partial charge in [-0.3, -0.25) is 9.78 Å². The zero-order valence-corrected chi connectivity index (χ0v) is 14.4. The number of carbonyl (C=O) groups excluding carboxylic acids is 1. The van der Waals surface area contributed by atoms with Gasteiger partial charge in [-0.2, -0.15) is 0 Å². The zero-order valence-electron chi connectivity index (χ0n) is 11.2. The normalized spacial score (nSPS) is 11.0. The number of rotatable bonds is 3. The van der Waals surface area contributed by atoms with Crippen LogP contribution in [0.25, 0.3) is 10.2 Å². The molecule has 2 N–H and O–H groups in total. The number of pyridine rings is 1. The molecule has 0 radical (unpaired) electrons. The molecular weight excluding hydrogens is 370 g/mol. The smallest absolute Gasteiger partial charge is 0.266 e. The molecule has 0 fully saturated rings. The highest BCUT2D eigenvalue weighted by atomic mass is 79.9. The summed E-state index contributed by atoms with van der Waals surface area (Å²) in [6.45, 7) is 0.558. The molecule has 0 aliphatic heterocycles. The first-order valence-electron chi connectivity index (χ1n) is 6.17. The quantitative estimate of drug-likeness (QED) is 0.746. The van der Waals surface area contributed by atoms with Gasteiger partial charge in [0.05, 0.1) is 14.2 Å². The Morgan fingerprint density at radius 1 is 1.52 bits per heavy atom. The number of halogens is 1. The van der Waals surface area contributed by atoms with Crippen LogP contribution in [-0.2, 0) is 6.54 Å². The molecule has 0 saturated heterocycles. The van der Waals surface area contributed by atoms with Crippen molar-refractivity contribution in [1.82, 2.24) is 9.88 Å². The Kier molecular flexibility index (Phi) is 3.97. The first-order chi connectivity index (χ1) is 10.1. The third-order valence-electron chi connectivity index (χ3n) is 3.06. The number of hydrogen-bond donors (Lipinski definition) is 1. The number of carbonyl (C=O) groups is 1. The first-order valence-corrected chi connectivity index (χ1v) is 8.66. The van der Waals surface area contributed by atoms with Crippen LogP contribution in [-0.4, -0.2) is 22.8 Å². The van der Waals surface area contributed by atoms with Crippen molar-refractivity contribution in [2.45, 2.75) is 6.54 Å². The van der Waals surface area contributed by atoms with Gasteiger partial charge in [-0.25, -0.2) is 0 Å². The molecule has 0 aliphatic rings. The van der Waals surface area contributed by atoms with Gasteiger partial charge in [-0.15, -0.1) is 22.7 Å². The van der Waals surface area contributed by atoms with Crippen LogP contribution in [0.2, 0.25) is 0 Å². The van der Waals surface area contributed by atoms with Crippen molar-refractivity contribution in [1.29, 1.82) is 0 Å². The maximum Gasteiger partial charge on any atom is 0.266 e. The SMILES string of the molecule is CN(Cc1csc(Br)c1)C(=O)c1sc2cccnc2c1N. The fourth-order valence-electron chi connectivity index (χ4n) is 2.05. The predicted octanol–water partition coefficient (Wildman–Crippen LogP) is 3.97. The second kappa shape index (κ2) is 5.75. The molecule has 0 atom stereocenters. The van der Waals surface area contributed by atoms with Crippen LogP contribution < -0.4 is 5.73 Å². The second-order valence-corrected chi connectivity index (χ2v) is 7.96. The van der Waals surface area contributed by atoms with E-state index in [4.69, 9.17) is 5.73 Å². The van der Waals surface area contributed by atoms with Crippen LogP contribution in [0.15, 0.2) is 33.6 Å². The summed E-state index contributed by atoms with van der Waals surface area (Å²) in [7, 11) is 1.78. The molecule has 0 spiro atoms. The van der Waals surface area contributed by atoms with E-state index < -0.39 is 0 Å². The lowest BCUT2D eigenvalue weighted by Gasteiger charge is -2.15. The maximum absolute atomic E-state index is 12.6. The van der Waals surface area contributed by atoms with Crippen LogP contribution in [0, 0.1) is 0 Å². The molecule has 0 bridgehead atoms. The number of nitrogens with two attached hydrogens (primary N) is 1.